The molecule has 0 saturated carbocycles. The molecule has 2 aromatic heterocycles. The van der Waals surface area contributed by atoms with Crippen LogP contribution >= 0.6 is 0 Å². The van der Waals surface area contributed by atoms with Gasteiger partial charge in [0.15, 0.2) is 0 Å². The molecule has 0 aliphatic rings. The highest BCUT2D eigenvalue weighted by Crippen LogP contribution is 2.24. The van der Waals surface area contributed by atoms with Gasteiger partial charge in [0.2, 0.25) is 5.91 Å². The van der Waals surface area contributed by atoms with Gasteiger partial charge in [-0.25, -0.2) is 13.9 Å². The summed E-state index contributed by atoms with van der Waals surface area (Å²) in [4.78, 5) is 25.2. The van der Waals surface area contributed by atoms with Crippen LogP contribution in [0.25, 0.3) is 16.7 Å². The second-order valence-corrected chi connectivity index (χ2v) is 7.46. The zero-order chi connectivity index (χ0) is 22.8. The average molecular weight is 435 g/mol. The van der Waals surface area contributed by atoms with Gasteiger partial charge in [0.1, 0.15) is 23.0 Å². The van der Waals surface area contributed by atoms with E-state index in [2.05, 4.69) is 10.4 Å². The molecule has 2 aromatic carbocycles. The van der Waals surface area contributed by atoms with Crippen LogP contribution in [0.15, 0.2) is 57.7 Å². The van der Waals surface area contributed by atoms with Gasteiger partial charge in [0.25, 0.3) is 0 Å². The molecule has 7 nitrogen and oxygen atoms in total. The van der Waals surface area contributed by atoms with Crippen molar-refractivity contribution in [3.05, 3.63) is 81.6 Å². The Balaban J connectivity index is 1.52. The molecule has 0 saturated heterocycles. The molecule has 0 aliphatic heterocycles. The Bertz CT molecular complexity index is 1360. The number of carbonyl (C=O) groups excluding carboxylic acids is 1. The van der Waals surface area contributed by atoms with E-state index in [4.69, 9.17) is 9.15 Å². The number of ether oxygens (including phenoxy) is 1. The maximum absolute atomic E-state index is 13.2. The number of carbonyl (C=O) groups is 1. The number of halogens is 1. The van der Waals surface area contributed by atoms with Crippen molar-refractivity contribution in [1.29, 1.82) is 0 Å². The summed E-state index contributed by atoms with van der Waals surface area (Å²) in [5, 5.41) is 7.98. The molecule has 0 aliphatic carbocycles. The minimum absolute atomic E-state index is 0.0842. The van der Waals surface area contributed by atoms with Gasteiger partial charge in [0, 0.05) is 29.5 Å². The van der Waals surface area contributed by atoms with Crippen LogP contribution in [0.1, 0.15) is 23.2 Å². The number of nitrogens with one attached hydrogen (secondary N) is 1. The van der Waals surface area contributed by atoms with E-state index >= 15 is 0 Å². The Hall–Kier alpha value is -3.94. The Labute approximate surface area is 183 Å². The van der Waals surface area contributed by atoms with E-state index in [0.29, 0.717) is 34.1 Å². The van der Waals surface area contributed by atoms with Crippen molar-refractivity contribution in [3.63, 3.8) is 0 Å². The number of benzene rings is 2. The molecule has 0 atom stereocenters. The first-order chi connectivity index (χ1) is 15.4. The first-order valence-electron chi connectivity index (χ1n) is 10.1. The SMILES string of the molecule is COc1ccc2c(C)c(CCC(=O)Nc3cc(C)nn3-c3ccc(F)cc3)c(=O)oc2c1. The summed E-state index contributed by atoms with van der Waals surface area (Å²) in [5.74, 6) is 0.432. The lowest BCUT2D eigenvalue weighted by atomic mass is 10.0. The van der Waals surface area contributed by atoms with Gasteiger partial charge in [0.05, 0.1) is 18.5 Å². The molecule has 0 radical (unpaired) electrons. The van der Waals surface area contributed by atoms with Crippen molar-refractivity contribution in [1.82, 2.24) is 9.78 Å². The number of aromatic nitrogens is 2. The van der Waals surface area contributed by atoms with Crippen molar-refractivity contribution in [2.45, 2.75) is 26.7 Å². The number of methoxy groups -OCH3 is 1. The van der Waals surface area contributed by atoms with E-state index in [-0.39, 0.29) is 24.6 Å². The summed E-state index contributed by atoms with van der Waals surface area (Å²) < 4.78 is 25.4. The number of fused-ring (bicyclic) bond motifs is 1. The molecule has 32 heavy (non-hydrogen) atoms. The molecule has 0 fully saturated rings. The quantitative estimate of drug-likeness (QED) is 0.456. The molecule has 0 unspecified atom stereocenters. The normalized spacial score (nSPS) is 11.0. The van der Waals surface area contributed by atoms with Crippen molar-refractivity contribution in [2.24, 2.45) is 0 Å². The van der Waals surface area contributed by atoms with Crippen molar-refractivity contribution < 1.29 is 18.3 Å². The van der Waals surface area contributed by atoms with Crippen LogP contribution in [0, 0.1) is 19.7 Å². The van der Waals surface area contributed by atoms with E-state index in [0.717, 1.165) is 10.9 Å². The van der Waals surface area contributed by atoms with Crippen LogP contribution in [-0.4, -0.2) is 22.8 Å². The molecule has 0 bridgehead atoms. The summed E-state index contributed by atoms with van der Waals surface area (Å²) in [7, 11) is 1.54. The number of aryl methyl sites for hydroxylation is 2. The second-order valence-electron chi connectivity index (χ2n) is 7.46. The molecule has 164 valence electrons. The standard InChI is InChI=1S/C24H22FN3O4/c1-14-12-22(28(27-14)17-6-4-16(25)5-7-17)26-23(29)11-10-20-15(2)19-9-8-18(31-3)13-21(19)32-24(20)30/h4-9,12-13H,10-11H2,1-3H3,(H,26,29). The van der Waals surface area contributed by atoms with Gasteiger partial charge in [-0.1, -0.05) is 0 Å². The summed E-state index contributed by atoms with van der Waals surface area (Å²) in [6, 6.07) is 12.8. The lowest BCUT2D eigenvalue weighted by Gasteiger charge is -2.10. The van der Waals surface area contributed by atoms with Crippen LogP contribution in [0.2, 0.25) is 0 Å². The molecule has 1 amide bonds. The van der Waals surface area contributed by atoms with E-state index < -0.39 is 5.63 Å². The summed E-state index contributed by atoms with van der Waals surface area (Å²) in [5.41, 5.74) is 2.53. The third-order valence-electron chi connectivity index (χ3n) is 5.27. The maximum atomic E-state index is 13.2. The monoisotopic (exact) mass is 435 g/mol. The number of hydrogen-bond acceptors (Lipinski definition) is 5. The fourth-order valence-electron chi connectivity index (χ4n) is 3.60. The average Bonchev–Trinajstić information content (AvgIpc) is 3.13. The topological polar surface area (TPSA) is 86.4 Å². The van der Waals surface area contributed by atoms with Crippen molar-refractivity contribution in [2.75, 3.05) is 12.4 Å². The van der Waals surface area contributed by atoms with Gasteiger partial charge in [-0.15, -0.1) is 0 Å². The smallest absolute Gasteiger partial charge is 0.339 e. The second kappa shape index (κ2) is 8.66. The van der Waals surface area contributed by atoms with Crippen LogP contribution in [0.5, 0.6) is 5.75 Å². The lowest BCUT2D eigenvalue weighted by Crippen LogP contribution is -2.18. The van der Waals surface area contributed by atoms with Gasteiger partial charge >= 0.3 is 5.63 Å². The number of amides is 1. The molecular weight excluding hydrogens is 413 g/mol. The van der Waals surface area contributed by atoms with Crippen molar-refractivity contribution >= 4 is 22.7 Å². The fourth-order valence-corrected chi connectivity index (χ4v) is 3.60. The molecule has 4 aromatic rings. The highest BCUT2D eigenvalue weighted by Gasteiger charge is 2.15. The number of rotatable bonds is 6. The third-order valence-corrected chi connectivity index (χ3v) is 5.27. The van der Waals surface area contributed by atoms with Gasteiger partial charge < -0.3 is 14.5 Å². The maximum Gasteiger partial charge on any atom is 0.339 e. The van der Waals surface area contributed by atoms with Crippen LogP contribution < -0.4 is 15.7 Å². The minimum Gasteiger partial charge on any atom is -0.497 e. The Morgan fingerprint density at radius 3 is 2.62 bits per heavy atom. The van der Waals surface area contributed by atoms with Crippen LogP contribution in [0.4, 0.5) is 10.2 Å². The molecule has 4 rings (SSSR count). The zero-order valence-electron chi connectivity index (χ0n) is 17.9. The first-order valence-corrected chi connectivity index (χ1v) is 10.1. The highest BCUT2D eigenvalue weighted by atomic mass is 19.1. The first kappa shape index (κ1) is 21.3. The largest absolute Gasteiger partial charge is 0.497 e. The molecular formula is C24H22FN3O4. The van der Waals surface area contributed by atoms with Gasteiger partial charge in [-0.3, -0.25) is 4.79 Å². The minimum atomic E-state index is -0.469. The van der Waals surface area contributed by atoms with E-state index in [1.165, 1.54) is 16.8 Å². The highest BCUT2D eigenvalue weighted by molar-refractivity contribution is 5.90. The summed E-state index contributed by atoms with van der Waals surface area (Å²) in [6.45, 7) is 3.64. The zero-order valence-corrected chi connectivity index (χ0v) is 17.9. The van der Waals surface area contributed by atoms with Crippen molar-refractivity contribution in [3.8, 4) is 11.4 Å². The number of nitrogens with zero attached hydrogens (tertiary/aromatic N) is 2. The van der Waals surface area contributed by atoms with Crippen LogP contribution in [0.3, 0.4) is 0 Å². The predicted molar refractivity (Wildman–Crippen MR) is 119 cm³/mol. The Kier molecular flexibility index (Phi) is 5.77. The summed E-state index contributed by atoms with van der Waals surface area (Å²) in [6.07, 6.45) is 0.312. The molecule has 0 spiro atoms. The predicted octanol–water partition coefficient (Wildman–Crippen LogP) is 4.31. The van der Waals surface area contributed by atoms with Crippen LogP contribution in [-0.2, 0) is 11.2 Å². The molecule has 2 heterocycles. The summed E-state index contributed by atoms with van der Waals surface area (Å²) >= 11 is 0. The fraction of sp³-hybridized carbons (Fsp3) is 0.208. The lowest BCUT2D eigenvalue weighted by molar-refractivity contribution is -0.116. The molecule has 1 N–H and O–H groups in total. The Morgan fingerprint density at radius 2 is 1.91 bits per heavy atom. The van der Waals surface area contributed by atoms with E-state index in [1.54, 1.807) is 44.4 Å². The number of anilines is 1. The third kappa shape index (κ3) is 4.25. The van der Waals surface area contributed by atoms with Gasteiger partial charge in [-0.2, -0.15) is 5.10 Å². The van der Waals surface area contributed by atoms with E-state index in [1.807, 2.05) is 13.0 Å². The van der Waals surface area contributed by atoms with Gasteiger partial charge in [-0.05, 0) is 62.2 Å². The number of hydrogen-bond donors (Lipinski definition) is 1. The van der Waals surface area contributed by atoms with E-state index in [9.17, 15) is 14.0 Å². The Morgan fingerprint density at radius 1 is 1.16 bits per heavy atom. The molecule has 8 heteroatoms.